The Balaban J connectivity index is 2.37. The number of hydrogen-bond donors (Lipinski definition) is 2. The third-order valence-corrected chi connectivity index (χ3v) is 4.72. The zero-order chi connectivity index (χ0) is 16.5. The number of hydrogen-bond acceptors (Lipinski definition) is 5. The second kappa shape index (κ2) is 5.97. The molecule has 0 saturated heterocycles. The van der Waals surface area contributed by atoms with Crippen molar-refractivity contribution in [1.82, 2.24) is 9.13 Å². The minimum Gasteiger partial charge on any atom is -0.392 e. The lowest BCUT2D eigenvalue weighted by atomic mass is 9.73. The van der Waals surface area contributed by atoms with Crippen LogP contribution in [-0.2, 0) is 14.1 Å². The fraction of sp³-hybridized carbons (Fsp3) is 0.667. The van der Waals surface area contributed by atoms with Crippen LogP contribution in [0.4, 0.5) is 5.82 Å². The zero-order valence-electron chi connectivity index (χ0n) is 13.2. The van der Waals surface area contributed by atoms with Crippen molar-refractivity contribution in [3.63, 3.8) is 0 Å². The molecule has 2 unspecified atom stereocenters. The largest absolute Gasteiger partial charge is 0.392 e. The molecule has 2 N–H and O–H groups in total. The molecule has 2 atom stereocenters. The van der Waals surface area contributed by atoms with E-state index in [0.717, 1.165) is 30.3 Å². The lowest BCUT2D eigenvalue weighted by Gasteiger charge is -2.38. The Kier molecular flexibility index (Phi) is 4.42. The number of nitriles is 1. The minimum absolute atomic E-state index is 0.0847. The number of aromatic nitrogens is 2. The fourth-order valence-corrected chi connectivity index (χ4v) is 3.03. The number of anilines is 1. The summed E-state index contributed by atoms with van der Waals surface area (Å²) in [5.41, 5.74) is -1.51. The normalized spacial score (nSPS) is 24.8. The summed E-state index contributed by atoms with van der Waals surface area (Å²) < 4.78 is 2.18. The Hall–Kier alpha value is -2.07. The summed E-state index contributed by atoms with van der Waals surface area (Å²) in [5, 5.41) is 22.5. The van der Waals surface area contributed by atoms with E-state index in [4.69, 9.17) is 0 Å². The Morgan fingerprint density at radius 3 is 2.64 bits per heavy atom. The van der Waals surface area contributed by atoms with Gasteiger partial charge >= 0.3 is 5.69 Å². The smallest absolute Gasteiger partial charge is 0.332 e. The van der Waals surface area contributed by atoms with E-state index in [1.165, 1.54) is 18.7 Å². The van der Waals surface area contributed by atoms with Crippen LogP contribution in [0, 0.1) is 16.7 Å². The van der Waals surface area contributed by atoms with Crippen molar-refractivity contribution in [1.29, 1.82) is 5.26 Å². The molecule has 1 aliphatic rings. The molecule has 1 aromatic rings. The molecule has 1 aliphatic carbocycles. The zero-order valence-corrected chi connectivity index (χ0v) is 13.2. The van der Waals surface area contributed by atoms with Gasteiger partial charge in [0.15, 0.2) is 5.56 Å². The van der Waals surface area contributed by atoms with E-state index in [2.05, 4.69) is 5.32 Å². The molecule has 0 aliphatic heterocycles. The molecule has 0 spiro atoms. The molecule has 1 saturated carbocycles. The molecule has 0 aromatic carbocycles. The van der Waals surface area contributed by atoms with E-state index in [1.54, 1.807) is 0 Å². The first-order chi connectivity index (χ1) is 10.3. The lowest BCUT2D eigenvalue weighted by molar-refractivity contribution is 0.00953. The summed E-state index contributed by atoms with van der Waals surface area (Å²) in [7, 11) is 2.87. The van der Waals surface area contributed by atoms with Crippen molar-refractivity contribution in [2.75, 3.05) is 11.9 Å². The average molecular weight is 306 g/mol. The van der Waals surface area contributed by atoms with Gasteiger partial charge in [0.05, 0.1) is 6.10 Å². The number of aliphatic hydroxyl groups is 1. The first-order valence-electron chi connectivity index (χ1n) is 7.44. The molecule has 0 bridgehead atoms. The van der Waals surface area contributed by atoms with E-state index in [-0.39, 0.29) is 16.8 Å². The Labute approximate surface area is 128 Å². The second-order valence-corrected chi connectivity index (χ2v) is 6.31. The Morgan fingerprint density at radius 2 is 2.05 bits per heavy atom. The number of rotatable bonds is 3. The average Bonchev–Trinajstić information content (AvgIpc) is 2.50. The Morgan fingerprint density at radius 1 is 1.36 bits per heavy atom. The highest BCUT2D eigenvalue weighted by atomic mass is 16.3. The maximum Gasteiger partial charge on any atom is 0.332 e. The summed E-state index contributed by atoms with van der Waals surface area (Å²) >= 11 is 0. The Bertz CT molecular complexity index is 728. The van der Waals surface area contributed by atoms with Gasteiger partial charge in [0, 0.05) is 26.1 Å². The van der Waals surface area contributed by atoms with Crippen LogP contribution in [-0.4, -0.2) is 26.9 Å². The van der Waals surface area contributed by atoms with Crippen LogP contribution in [0.3, 0.4) is 0 Å². The molecule has 2 rings (SSSR count). The number of aliphatic hydroxyl groups excluding tert-OH is 1. The summed E-state index contributed by atoms with van der Waals surface area (Å²) in [6, 6.07) is 1.87. The first kappa shape index (κ1) is 16.3. The van der Waals surface area contributed by atoms with Crippen molar-refractivity contribution < 1.29 is 5.11 Å². The molecule has 120 valence electrons. The fourth-order valence-electron chi connectivity index (χ4n) is 3.03. The molecule has 1 aromatic heterocycles. The van der Waals surface area contributed by atoms with Gasteiger partial charge in [-0.05, 0) is 12.8 Å². The van der Waals surface area contributed by atoms with Crippen molar-refractivity contribution in [3.8, 4) is 6.07 Å². The topological polar surface area (TPSA) is 100 Å². The van der Waals surface area contributed by atoms with Gasteiger partial charge in [-0.2, -0.15) is 5.26 Å². The summed E-state index contributed by atoms with van der Waals surface area (Å²) in [6.07, 6.45) is 3.23. The van der Waals surface area contributed by atoms with Gasteiger partial charge in [-0.3, -0.25) is 13.9 Å². The van der Waals surface area contributed by atoms with Crippen LogP contribution in [0.5, 0.6) is 0 Å². The molecule has 7 nitrogen and oxygen atoms in total. The maximum absolute atomic E-state index is 12.0. The van der Waals surface area contributed by atoms with Crippen LogP contribution in [0.15, 0.2) is 9.59 Å². The molecule has 0 amide bonds. The van der Waals surface area contributed by atoms with Crippen LogP contribution in [0.2, 0.25) is 0 Å². The van der Waals surface area contributed by atoms with Gasteiger partial charge in [0.25, 0.3) is 5.56 Å². The minimum atomic E-state index is -0.609. The lowest BCUT2D eigenvalue weighted by Crippen LogP contribution is -2.44. The number of nitrogens with one attached hydrogen (secondary N) is 1. The van der Waals surface area contributed by atoms with Crippen LogP contribution >= 0.6 is 0 Å². The van der Waals surface area contributed by atoms with E-state index in [0.29, 0.717) is 6.54 Å². The summed E-state index contributed by atoms with van der Waals surface area (Å²) in [5.74, 6) is 0.217. The van der Waals surface area contributed by atoms with Gasteiger partial charge in [-0.1, -0.05) is 19.8 Å². The SMILES string of the molecule is Cn1c(NCC2(C)CCCCC2O)c(C#N)c(=O)n(C)c1=O. The molecule has 22 heavy (non-hydrogen) atoms. The highest BCUT2D eigenvalue weighted by Gasteiger charge is 2.35. The molecule has 1 fully saturated rings. The van der Waals surface area contributed by atoms with Gasteiger partial charge in [-0.25, -0.2) is 4.79 Å². The van der Waals surface area contributed by atoms with E-state index in [9.17, 15) is 20.0 Å². The van der Waals surface area contributed by atoms with Crippen LogP contribution in [0.1, 0.15) is 38.2 Å². The van der Waals surface area contributed by atoms with Crippen molar-refractivity contribution in [2.24, 2.45) is 19.5 Å². The molecule has 7 heteroatoms. The second-order valence-electron chi connectivity index (χ2n) is 6.31. The van der Waals surface area contributed by atoms with Gasteiger partial charge in [-0.15, -0.1) is 0 Å². The maximum atomic E-state index is 12.0. The summed E-state index contributed by atoms with van der Waals surface area (Å²) in [4.78, 5) is 24.0. The quantitative estimate of drug-likeness (QED) is 0.837. The van der Waals surface area contributed by atoms with Gasteiger partial charge < -0.3 is 10.4 Å². The van der Waals surface area contributed by atoms with Crippen LogP contribution in [0.25, 0.3) is 0 Å². The third-order valence-electron chi connectivity index (χ3n) is 4.72. The molecule has 0 radical (unpaired) electrons. The van der Waals surface area contributed by atoms with Gasteiger partial charge in [0.1, 0.15) is 11.9 Å². The first-order valence-corrected chi connectivity index (χ1v) is 7.44. The highest BCUT2D eigenvalue weighted by molar-refractivity contribution is 5.51. The standard InChI is InChI=1S/C15H22N4O3/c1-15(7-5-4-6-11(15)20)9-17-12-10(8-16)13(21)19(3)14(22)18(12)2/h11,17,20H,4-7,9H2,1-3H3. The predicted molar refractivity (Wildman–Crippen MR) is 82.7 cm³/mol. The van der Waals surface area contributed by atoms with E-state index in [1.807, 2.05) is 13.0 Å². The van der Waals surface area contributed by atoms with E-state index >= 15 is 0 Å². The van der Waals surface area contributed by atoms with Crippen molar-refractivity contribution >= 4 is 5.82 Å². The highest BCUT2D eigenvalue weighted by Crippen LogP contribution is 2.36. The van der Waals surface area contributed by atoms with Crippen molar-refractivity contribution in [3.05, 3.63) is 26.4 Å². The molecule has 1 heterocycles. The molecular weight excluding hydrogens is 284 g/mol. The summed E-state index contributed by atoms with van der Waals surface area (Å²) in [6.45, 7) is 2.39. The third kappa shape index (κ3) is 2.66. The molecular formula is C15H22N4O3. The van der Waals surface area contributed by atoms with Crippen molar-refractivity contribution in [2.45, 2.75) is 38.7 Å². The number of nitrogens with zero attached hydrogens (tertiary/aromatic N) is 3. The van der Waals surface area contributed by atoms with Gasteiger partial charge in [0.2, 0.25) is 0 Å². The monoisotopic (exact) mass is 306 g/mol. The van der Waals surface area contributed by atoms with E-state index < -0.39 is 17.4 Å². The van der Waals surface area contributed by atoms with Crippen LogP contribution < -0.4 is 16.6 Å². The predicted octanol–water partition coefficient (Wildman–Crippen LogP) is 0.309.